The third-order valence-corrected chi connectivity index (χ3v) is 3.12. The van der Waals surface area contributed by atoms with Crippen LogP contribution in [0.25, 0.3) is 0 Å². The molecule has 0 unspecified atom stereocenters. The Morgan fingerprint density at radius 1 is 0.880 bits per heavy atom. The van der Waals surface area contributed by atoms with E-state index in [1.165, 1.54) is 36.4 Å². The molecule has 120 valence electrons. The van der Waals surface area contributed by atoms with Gasteiger partial charge >= 0.3 is 0 Å². The Morgan fingerprint density at radius 3 is 2.12 bits per heavy atom. The van der Waals surface area contributed by atoms with Gasteiger partial charge in [-0.1, -0.05) is 12.1 Å². The highest BCUT2D eigenvalue weighted by atomic mass is 19.1. The number of hydrogen-bond acceptors (Lipinski definition) is 5. The molecule has 0 aliphatic carbocycles. The Balaban J connectivity index is 2.32. The van der Waals surface area contributed by atoms with Gasteiger partial charge in [0.1, 0.15) is 29.7 Å². The van der Waals surface area contributed by atoms with E-state index in [2.05, 4.69) is 10.6 Å². The fraction of sp³-hybridized carbons (Fsp3) is 0. The van der Waals surface area contributed by atoms with Gasteiger partial charge in [0.2, 0.25) is 0 Å². The van der Waals surface area contributed by atoms with Gasteiger partial charge in [-0.05, 0) is 36.4 Å². The molecular formula is C18H10FN5O. The number of para-hydroxylation sites is 1. The molecule has 2 rings (SSSR count). The number of carbonyl (C=O) groups excluding carboxylic acids is 1. The monoisotopic (exact) mass is 331 g/mol. The second-order valence-electron chi connectivity index (χ2n) is 4.72. The van der Waals surface area contributed by atoms with Crippen molar-refractivity contribution in [2.45, 2.75) is 0 Å². The van der Waals surface area contributed by atoms with E-state index in [4.69, 9.17) is 15.8 Å². The predicted octanol–water partition coefficient (Wildman–Crippen LogP) is 3.31. The quantitative estimate of drug-likeness (QED) is 0.835. The number of allylic oxidation sites excluding steroid dienone is 2. The SMILES string of the molecule is N#CC(C#N)=C(C#N)Nc1ccccc1C(=O)Nc1ccc(F)cc1. The number of nitrogens with one attached hydrogen (secondary N) is 2. The first-order chi connectivity index (χ1) is 12.1. The van der Waals surface area contributed by atoms with Crippen molar-refractivity contribution < 1.29 is 9.18 Å². The van der Waals surface area contributed by atoms with Crippen LogP contribution >= 0.6 is 0 Å². The average Bonchev–Trinajstić information content (AvgIpc) is 2.64. The summed E-state index contributed by atoms with van der Waals surface area (Å²) >= 11 is 0. The summed E-state index contributed by atoms with van der Waals surface area (Å²) in [6, 6.07) is 16.5. The smallest absolute Gasteiger partial charge is 0.257 e. The Morgan fingerprint density at radius 2 is 1.52 bits per heavy atom. The molecule has 0 saturated carbocycles. The largest absolute Gasteiger partial charge is 0.344 e. The summed E-state index contributed by atoms with van der Waals surface area (Å²) in [6.07, 6.45) is 0. The molecule has 2 N–H and O–H groups in total. The molecule has 2 aromatic rings. The number of rotatable bonds is 4. The standard InChI is InChI=1S/C18H10FN5O/c19-13-5-7-14(8-6-13)23-18(25)15-3-1-2-4-16(15)24-17(11-22)12(9-20)10-21/h1-8,24H,(H,23,25). The lowest BCUT2D eigenvalue weighted by atomic mass is 10.1. The third-order valence-electron chi connectivity index (χ3n) is 3.12. The maximum absolute atomic E-state index is 12.9. The van der Waals surface area contributed by atoms with Crippen LogP contribution < -0.4 is 10.6 Å². The van der Waals surface area contributed by atoms with Gasteiger partial charge in [-0.15, -0.1) is 0 Å². The molecule has 0 fully saturated rings. The van der Waals surface area contributed by atoms with E-state index in [0.29, 0.717) is 5.69 Å². The first kappa shape index (κ1) is 17.2. The van der Waals surface area contributed by atoms with E-state index < -0.39 is 17.3 Å². The minimum atomic E-state index is -0.498. The van der Waals surface area contributed by atoms with Crippen LogP contribution in [0.3, 0.4) is 0 Å². The highest BCUT2D eigenvalue weighted by Crippen LogP contribution is 2.20. The summed E-state index contributed by atoms with van der Waals surface area (Å²) in [5.74, 6) is -0.924. The minimum absolute atomic E-state index is 0.190. The molecule has 0 heterocycles. The van der Waals surface area contributed by atoms with Crippen LogP contribution in [-0.4, -0.2) is 5.91 Å². The first-order valence-electron chi connectivity index (χ1n) is 6.96. The molecule has 0 saturated heterocycles. The number of benzene rings is 2. The fourth-order valence-electron chi connectivity index (χ4n) is 1.94. The summed E-state index contributed by atoms with van der Waals surface area (Å²) < 4.78 is 12.9. The molecule has 0 aliphatic heterocycles. The average molecular weight is 331 g/mol. The zero-order valence-corrected chi connectivity index (χ0v) is 12.7. The summed E-state index contributed by atoms with van der Waals surface area (Å²) in [4.78, 5) is 12.4. The number of anilines is 2. The molecule has 1 amide bonds. The molecule has 25 heavy (non-hydrogen) atoms. The fourth-order valence-corrected chi connectivity index (χ4v) is 1.94. The summed E-state index contributed by atoms with van der Waals surface area (Å²) in [5.41, 5.74) is 0.187. The Bertz CT molecular complexity index is 943. The molecule has 0 aromatic heterocycles. The molecule has 0 radical (unpaired) electrons. The van der Waals surface area contributed by atoms with Gasteiger partial charge in [0.05, 0.1) is 11.3 Å². The summed E-state index contributed by atoms with van der Waals surface area (Å²) in [6.45, 7) is 0. The summed E-state index contributed by atoms with van der Waals surface area (Å²) in [5, 5.41) is 32.1. The van der Waals surface area contributed by atoms with Crippen molar-refractivity contribution in [3.63, 3.8) is 0 Å². The number of nitriles is 3. The maximum Gasteiger partial charge on any atom is 0.257 e. The Kier molecular flexibility index (Phi) is 5.45. The van der Waals surface area contributed by atoms with Crippen LogP contribution in [0.1, 0.15) is 10.4 Å². The van der Waals surface area contributed by atoms with E-state index in [1.54, 1.807) is 30.3 Å². The predicted molar refractivity (Wildman–Crippen MR) is 88.3 cm³/mol. The maximum atomic E-state index is 12.9. The van der Waals surface area contributed by atoms with Gasteiger partial charge in [0.25, 0.3) is 5.91 Å². The molecule has 2 aromatic carbocycles. The molecule has 6 nitrogen and oxygen atoms in total. The number of hydrogen-bond donors (Lipinski definition) is 2. The number of nitrogens with zero attached hydrogens (tertiary/aromatic N) is 3. The zero-order chi connectivity index (χ0) is 18.2. The van der Waals surface area contributed by atoms with E-state index in [1.807, 2.05) is 0 Å². The van der Waals surface area contributed by atoms with Crippen molar-refractivity contribution in [1.29, 1.82) is 15.8 Å². The third kappa shape index (κ3) is 4.19. The molecular weight excluding hydrogens is 321 g/mol. The van der Waals surface area contributed by atoms with Crippen molar-refractivity contribution in [2.24, 2.45) is 0 Å². The van der Waals surface area contributed by atoms with Gasteiger partial charge in [-0.25, -0.2) is 4.39 Å². The van der Waals surface area contributed by atoms with Gasteiger partial charge in [-0.2, -0.15) is 15.8 Å². The normalized spacial score (nSPS) is 9.04. The topological polar surface area (TPSA) is 112 Å². The Hall–Kier alpha value is -4.15. The van der Waals surface area contributed by atoms with E-state index in [9.17, 15) is 9.18 Å². The van der Waals surface area contributed by atoms with Gasteiger partial charge in [0, 0.05) is 5.69 Å². The Labute approximate surface area is 143 Å². The van der Waals surface area contributed by atoms with E-state index in [0.717, 1.165) is 0 Å². The van der Waals surface area contributed by atoms with Crippen molar-refractivity contribution in [3.05, 3.63) is 71.2 Å². The molecule has 0 aliphatic rings. The van der Waals surface area contributed by atoms with Gasteiger partial charge in [-0.3, -0.25) is 4.79 Å². The van der Waals surface area contributed by atoms with Crippen LogP contribution in [0.2, 0.25) is 0 Å². The second-order valence-corrected chi connectivity index (χ2v) is 4.72. The van der Waals surface area contributed by atoms with Crippen LogP contribution in [0.5, 0.6) is 0 Å². The lowest BCUT2D eigenvalue weighted by molar-refractivity contribution is 0.102. The van der Waals surface area contributed by atoms with E-state index in [-0.39, 0.29) is 16.9 Å². The zero-order valence-electron chi connectivity index (χ0n) is 12.7. The van der Waals surface area contributed by atoms with Crippen LogP contribution in [-0.2, 0) is 0 Å². The van der Waals surface area contributed by atoms with Crippen LogP contribution in [0, 0.1) is 39.8 Å². The van der Waals surface area contributed by atoms with Gasteiger partial charge < -0.3 is 10.6 Å². The first-order valence-corrected chi connectivity index (χ1v) is 6.96. The van der Waals surface area contributed by atoms with Crippen LogP contribution in [0.4, 0.5) is 15.8 Å². The molecule has 0 spiro atoms. The number of halogens is 1. The highest BCUT2D eigenvalue weighted by molar-refractivity contribution is 6.08. The second kappa shape index (κ2) is 7.92. The van der Waals surface area contributed by atoms with E-state index >= 15 is 0 Å². The highest BCUT2D eigenvalue weighted by Gasteiger charge is 2.14. The summed E-state index contributed by atoms with van der Waals surface area (Å²) in [7, 11) is 0. The molecule has 0 atom stereocenters. The van der Waals surface area contributed by atoms with Crippen LogP contribution in [0.15, 0.2) is 59.8 Å². The van der Waals surface area contributed by atoms with Crippen molar-refractivity contribution >= 4 is 17.3 Å². The minimum Gasteiger partial charge on any atom is -0.344 e. The number of carbonyl (C=O) groups is 1. The molecule has 0 bridgehead atoms. The number of amides is 1. The van der Waals surface area contributed by atoms with Crippen molar-refractivity contribution in [2.75, 3.05) is 10.6 Å². The van der Waals surface area contributed by atoms with Crippen molar-refractivity contribution in [3.8, 4) is 18.2 Å². The van der Waals surface area contributed by atoms with Crippen molar-refractivity contribution in [1.82, 2.24) is 0 Å². The molecule has 7 heteroatoms. The van der Waals surface area contributed by atoms with Gasteiger partial charge in [0.15, 0.2) is 5.57 Å². The lowest BCUT2D eigenvalue weighted by Crippen LogP contribution is -2.15. The lowest BCUT2D eigenvalue weighted by Gasteiger charge is -2.11.